The molecule has 0 radical (unpaired) electrons. The number of benzene rings is 1. The molecular weight excluding hydrogens is 328 g/mol. The fraction of sp³-hybridized carbons (Fsp3) is 0.556. The van der Waals surface area contributed by atoms with Crippen LogP contribution < -0.4 is 4.74 Å². The molecule has 0 aromatic heterocycles. The highest BCUT2D eigenvalue weighted by Gasteiger charge is 2.34. The molecule has 2 aliphatic rings. The van der Waals surface area contributed by atoms with Gasteiger partial charge in [-0.05, 0) is 37.0 Å². The lowest BCUT2D eigenvalue weighted by Crippen LogP contribution is -2.38. The average Bonchev–Trinajstić information content (AvgIpc) is 3.42. The zero-order valence-corrected chi connectivity index (χ0v) is 14.7. The third-order valence-corrected chi connectivity index (χ3v) is 5.04. The van der Waals surface area contributed by atoms with Gasteiger partial charge in [0, 0.05) is 37.1 Å². The standard InChI is InChI=1S/C18H23ClN2O3/c1-24-15-6-5-14(16(19)12-15)11-17(22)20-7-2-8-21(10-9-20)18(23)13-3-4-13/h5-6,12-13H,2-4,7-11H2,1H3. The molecule has 0 N–H and O–H groups in total. The van der Waals surface area contributed by atoms with Crippen LogP contribution in [0.3, 0.4) is 0 Å². The highest BCUT2D eigenvalue weighted by atomic mass is 35.5. The van der Waals surface area contributed by atoms with Crippen LogP contribution in [0.1, 0.15) is 24.8 Å². The molecule has 0 atom stereocenters. The van der Waals surface area contributed by atoms with E-state index in [0.29, 0.717) is 30.4 Å². The molecule has 1 aromatic rings. The fourth-order valence-corrected chi connectivity index (χ4v) is 3.29. The van der Waals surface area contributed by atoms with Gasteiger partial charge >= 0.3 is 0 Å². The summed E-state index contributed by atoms with van der Waals surface area (Å²) in [5, 5.41) is 0.544. The molecule has 2 amide bonds. The van der Waals surface area contributed by atoms with Crippen LogP contribution in [0.4, 0.5) is 0 Å². The van der Waals surface area contributed by atoms with Crippen molar-refractivity contribution in [3.8, 4) is 5.75 Å². The summed E-state index contributed by atoms with van der Waals surface area (Å²) in [5.41, 5.74) is 0.803. The van der Waals surface area contributed by atoms with Crippen molar-refractivity contribution in [2.24, 2.45) is 5.92 Å². The summed E-state index contributed by atoms with van der Waals surface area (Å²) in [6, 6.07) is 5.37. The Kier molecular flexibility index (Phi) is 5.29. The Morgan fingerprint density at radius 2 is 1.88 bits per heavy atom. The van der Waals surface area contributed by atoms with Crippen molar-refractivity contribution in [2.45, 2.75) is 25.7 Å². The molecule has 1 heterocycles. The Hall–Kier alpha value is -1.75. The van der Waals surface area contributed by atoms with Gasteiger partial charge in [-0.3, -0.25) is 9.59 Å². The number of amides is 2. The maximum Gasteiger partial charge on any atom is 0.227 e. The first-order chi connectivity index (χ1) is 11.6. The first kappa shape index (κ1) is 17.1. The van der Waals surface area contributed by atoms with E-state index in [2.05, 4.69) is 0 Å². The minimum Gasteiger partial charge on any atom is -0.497 e. The molecule has 0 unspecified atom stereocenters. The zero-order chi connectivity index (χ0) is 17.1. The minimum atomic E-state index is 0.0581. The Balaban J connectivity index is 1.58. The molecule has 1 saturated carbocycles. The second-order valence-corrected chi connectivity index (χ2v) is 6.88. The molecule has 1 aliphatic heterocycles. The van der Waals surface area contributed by atoms with E-state index in [0.717, 1.165) is 31.4 Å². The Morgan fingerprint density at radius 1 is 1.17 bits per heavy atom. The van der Waals surface area contributed by atoms with Crippen molar-refractivity contribution in [3.05, 3.63) is 28.8 Å². The van der Waals surface area contributed by atoms with Gasteiger partial charge in [-0.2, -0.15) is 0 Å². The molecular formula is C18H23ClN2O3. The van der Waals surface area contributed by atoms with Crippen molar-refractivity contribution < 1.29 is 14.3 Å². The van der Waals surface area contributed by atoms with E-state index in [1.54, 1.807) is 13.2 Å². The largest absolute Gasteiger partial charge is 0.497 e. The highest BCUT2D eigenvalue weighted by Crippen LogP contribution is 2.31. The van der Waals surface area contributed by atoms with Crippen molar-refractivity contribution in [3.63, 3.8) is 0 Å². The van der Waals surface area contributed by atoms with Crippen molar-refractivity contribution >= 4 is 23.4 Å². The van der Waals surface area contributed by atoms with E-state index in [1.165, 1.54) is 0 Å². The number of hydrogen-bond acceptors (Lipinski definition) is 3. The van der Waals surface area contributed by atoms with E-state index >= 15 is 0 Å². The predicted molar refractivity (Wildman–Crippen MR) is 92.2 cm³/mol. The molecule has 130 valence electrons. The summed E-state index contributed by atoms with van der Waals surface area (Å²) in [6.07, 6.45) is 3.15. The van der Waals surface area contributed by atoms with Crippen LogP contribution in [-0.4, -0.2) is 54.9 Å². The van der Waals surface area contributed by atoms with Crippen LogP contribution in [-0.2, 0) is 16.0 Å². The second-order valence-electron chi connectivity index (χ2n) is 6.47. The second kappa shape index (κ2) is 7.43. The molecule has 0 spiro atoms. The molecule has 3 rings (SSSR count). The topological polar surface area (TPSA) is 49.9 Å². The van der Waals surface area contributed by atoms with Gasteiger partial charge in [0.1, 0.15) is 5.75 Å². The van der Waals surface area contributed by atoms with Gasteiger partial charge in [-0.1, -0.05) is 17.7 Å². The fourth-order valence-electron chi connectivity index (χ4n) is 3.05. The first-order valence-corrected chi connectivity index (χ1v) is 8.85. The highest BCUT2D eigenvalue weighted by molar-refractivity contribution is 6.31. The third kappa shape index (κ3) is 4.01. The summed E-state index contributed by atoms with van der Waals surface area (Å²) in [5.74, 6) is 1.25. The maximum absolute atomic E-state index is 12.6. The number of ether oxygens (including phenoxy) is 1. The SMILES string of the molecule is COc1ccc(CC(=O)N2CCCN(C(=O)C3CC3)CC2)c(Cl)c1. The van der Waals surface area contributed by atoms with Gasteiger partial charge in [-0.25, -0.2) is 0 Å². The van der Waals surface area contributed by atoms with Gasteiger partial charge in [0.05, 0.1) is 13.5 Å². The normalized spacial score (nSPS) is 18.2. The van der Waals surface area contributed by atoms with E-state index < -0.39 is 0 Å². The van der Waals surface area contributed by atoms with Crippen molar-refractivity contribution in [2.75, 3.05) is 33.3 Å². The summed E-state index contributed by atoms with van der Waals surface area (Å²) in [7, 11) is 1.59. The van der Waals surface area contributed by atoms with Crippen molar-refractivity contribution in [1.29, 1.82) is 0 Å². The molecule has 1 saturated heterocycles. The van der Waals surface area contributed by atoms with Crippen molar-refractivity contribution in [1.82, 2.24) is 9.80 Å². The number of halogens is 1. The first-order valence-electron chi connectivity index (χ1n) is 8.47. The molecule has 1 aromatic carbocycles. The number of carbonyl (C=O) groups is 2. The number of carbonyl (C=O) groups excluding carboxylic acids is 2. The van der Waals surface area contributed by atoms with E-state index in [9.17, 15) is 9.59 Å². The van der Waals surface area contributed by atoms with Gasteiger partial charge in [0.2, 0.25) is 11.8 Å². The lowest BCUT2D eigenvalue weighted by molar-refractivity contribution is -0.134. The Labute approximate surface area is 147 Å². The van der Waals surface area contributed by atoms with Crippen LogP contribution >= 0.6 is 11.6 Å². The van der Waals surface area contributed by atoms with E-state index in [4.69, 9.17) is 16.3 Å². The van der Waals surface area contributed by atoms with Crippen LogP contribution in [0.15, 0.2) is 18.2 Å². The maximum atomic E-state index is 12.6. The van der Waals surface area contributed by atoms with Gasteiger partial charge < -0.3 is 14.5 Å². The Bertz CT molecular complexity index is 631. The number of hydrogen-bond donors (Lipinski definition) is 0. The third-order valence-electron chi connectivity index (χ3n) is 4.69. The van der Waals surface area contributed by atoms with Crippen LogP contribution in [0.25, 0.3) is 0 Å². The monoisotopic (exact) mass is 350 g/mol. The molecule has 24 heavy (non-hydrogen) atoms. The number of nitrogens with zero attached hydrogens (tertiary/aromatic N) is 2. The summed E-state index contributed by atoms with van der Waals surface area (Å²) >= 11 is 6.23. The smallest absolute Gasteiger partial charge is 0.227 e. The molecule has 5 nitrogen and oxygen atoms in total. The lowest BCUT2D eigenvalue weighted by atomic mass is 10.1. The summed E-state index contributed by atoms with van der Waals surface area (Å²) in [4.78, 5) is 28.5. The van der Waals surface area contributed by atoms with Gasteiger partial charge in [-0.15, -0.1) is 0 Å². The average molecular weight is 351 g/mol. The van der Waals surface area contributed by atoms with E-state index in [1.807, 2.05) is 21.9 Å². The number of rotatable bonds is 4. The lowest BCUT2D eigenvalue weighted by Gasteiger charge is -2.22. The Morgan fingerprint density at radius 3 is 2.54 bits per heavy atom. The van der Waals surface area contributed by atoms with Crippen LogP contribution in [0.2, 0.25) is 5.02 Å². The van der Waals surface area contributed by atoms with Gasteiger partial charge in [0.15, 0.2) is 0 Å². The van der Waals surface area contributed by atoms with E-state index in [-0.39, 0.29) is 24.2 Å². The quantitative estimate of drug-likeness (QED) is 0.837. The molecule has 6 heteroatoms. The van der Waals surface area contributed by atoms with Crippen LogP contribution in [0.5, 0.6) is 5.75 Å². The predicted octanol–water partition coefficient (Wildman–Crippen LogP) is 2.36. The summed E-state index contributed by atoms with van der Waals surface area (Å²) < 4.78 is 5.13. The van der Waals surface area contributed by atoms with Gasteiger partial charge in [0.25, 0.3) is 0 Å². The number of methoxy groups -OCH3 is 1. The van der Waals surface area contributed by atoms with Crippen LogP contribution in [0, 0.1) is 5.92 Å². The zero-order valence-electron chi connectivity index (χ0n) is 14.0. The minimum absolute atomic E-state index is 0.0581. The summed E-state index contributed by atoms with van der Waals surface area (Å²) in [6.45, 7) is 2.69. The molecule has 0 bridgehead atoms. The molecule has 1 aliphatic carbocycles. The molecule has 2 fully saturated rings.